The Balaban J connectivity index is 1.36. The van der Waals surface area contributed by atoms with Crippen LogP contribution in [0, 0.1) is 13.8 Å². The van der Waals surface area contributed by atoms with E-state index in [4.69, 9.17) is 9.05 Å². The fraction of sp³-hybridized carbons (Fsp3) is 0.0741. The summed E-state index contributed by atoms with van der Waals surface area (Å²) in [6.45, 7) is 3.34. The minimum atomic E-state index is -0.426. The number of aryl methyl sites for hydroxylation is 2. The van der Waals surface area contributed by atoms with Crippen LogP contribution in [0.3, 0.4) is 0 Å². The molecule has 2 N–H and O–H groups in total. The number of rotatable bonds is 6. The first-order valence-electron chi connectivity index (χ1n) is 11.1. The fourth-order valence-electron chi connectivity index (χ4n) is 3.80. The molecule has 36 heavy (non-hydrogen) atoms. The molecule has 3 heterocycles. The number of hydrogen-bond donors (Lipinski definition) is 2. The second-order valence-corrected chi connectivity index (χ2v) is 7.97. The third-order valence-electron chi connectivity index (χ3n) is 5.51. The zero-order chi connectivity index (χ0) is 25.1. The van der Waals surface area contributed by atoms with E-state index in [-0.39, 0.29) is 11.6 Å². The second-order valence-electron chi connectivity index (χ2n) is 7.97. The highest BCUT2D eigenvalue weighted by molar-refractivity contribution is 6.09. The number of aromatic nitrogens is 3. The molecule has 0 aliphatic carbocycles. The van der Waals surface area contributed by atoms with Gasteiger partial charge in [0.05, 0.1) is 0 Å². The van der Waals surface area contributed by atoms with Gasteiger partial charge in [-0.15, -0.1) is 0 Å². The van der Waals surface area contributed by atoms with Crippen molar-refractivity contribution in [3.05, 3.63) is 102 Å². The minimum absolute atomic E-state index is 0.253. The Kier molecular flexibility index (Phi) is 6.10. The van der Waals surface area contributed by atoms with Crippen LogP contribution in [0.2, 0.25) is 0 Å². The molecule has 9 heteroatoms. The molecule has 0 aliphatic heterocycles. The molecule has 0 saturated carbocycles. The van der Waals surface area contributed by atoms with Gasteiger partial charge in [0, 0.05) is 11.1 Å². The zero-order valence-electron chi connectivity index (χ0n) is 19.5. The van der Waals surface area contributed by atoms with Crippen LogP contribution in [0.4, 0.5) is 11.6 Å². The molecule has 0 spiro atoms. The third-order valence-corrected chi connectivity index (χ3v) is 5.51. The molecule has 2 aromatic carbocycles. The van der Waals surface area contributed by atoms with Gasteiger partial charge in [0.25, 0.3) is 11.8 Å². The summed E-state index contributed by atoms with van der Waals surface area (Å²) in [6.07, 6.45) is 0. The van der Waals surface area contributed by atoms with Gasteiger partial charge in [-0.25, -0.2) is 4.98 Å². The molecule has 5 aromatic rings. The van der Waals surface area contributed by atoms with Crippen LogP contribution in [0.25, 0.3) is 22.5 Å². The lowest BCUT2D eigenvalue weighted by atomic mass is 10.1. The van der Waals surface area contributed by atoms with Gasteiger partial charge < -0.3 is 19.7 Å². The topological polar surface area (TPSA) is 123 Å². The number of nitrogens with zero attached hydrogens (tertiary/aromatic N) is 3. The van der Waals surface area contributed by atoms with E-state index in [9.17, 15) is 9.59 Å². The van der Waals surface area contributed by atoms with Crippen LogP contribution in [0.5, 0.6) is 0 Å². The largest absolute Gasteiger partial charge is 0.360 e. The van der Waals surface area contributed by atoms with E-state index < -0.39 is 11.8 Å². The standard InChI is InChI=1S/C27H21N5O4/c1-16-22(24(31-35-16)18-10-5-3-6-11-18)26(33)29-20-14-9-15-21(28-20)30-27(34)23-17(2)36-32-25(23)19-12-7-4-8-13-19/h3-15H,1-2H3,(H2,28,29,30,33,34). The van der Waals surface area contributed by atoms with Gasteiger partial charge in [0.1, 0.15) is 45.7 Å². The molecule has 3 aromatic heterocycles. The Morgan fingerprint density at radius 2 is 1.03 bits per heavy atom. The number of carbonyl (C=O) groups excluding carboxylic acids is 2. The summed E-state index contributed by atoms with van der Waals surface area (Å²) in [5, 5.41) is 13.6. The van der Waals surface area contributed by atoms with E-state index in [2.05, 4.69) is 25.9 Å². The Bertz CT molecular complexity index is 1430. The number of amides is 2. The van der Waals surface area contributed by atoms with Crippen molar-refractivity contribution in [2.45, 2.75) is 13.8 Å². The van der Waals surface area contributed by atoms with Crippen molar-refractivity contribution in [3.63, 3.8) is 0 Å². The molecule has 0 atom stereocenters. The maximum atomic E-state index is 13.1. The lowest BCUT2D eigenvalue weighted by molar-refractivity contribution is 0.101. The van der Waals surface area contributed by atoms with Crippen molar-refractivity contribution in [1.82, 2.24) is 15.3 Å². The number of benzene rings is 2. The van der Waals surface area contributed by atoms with Crippen LogP contribution in [0.15, 0.2) is 87.9 Å². The van der Waals surface area contributed by atoms with Crippen LogP contribution in [0.1, 0.15) is 32.2 Å². The zero-order valence-corrected chi connectivity index (χ0v) is 19.5. The molecule has 178 valence electrons. The fourth-order valence-corrected chi connectivity index (χ4v) is 3.80. The molecule has 2 amide bonds. The number of hydrogen-bond acceptors (Lipinski definition) is 7. The van der Waals surface area contributed by atoms with E-state index in [0.29, 0.717) is 34.0 Å². The molecular weight excluding hydrogens is 458 g/mol. The second kappa shape index (κ2) is 9.67. The molecule has 0 aliphatic rings. The number of nitrogens with one attached hydrogen (secondary N) is 2. The number of carbonyl (C=O) groups is 2. The van der Waals surface area contributed by atoms with Gasteiger partial charge in [-0.3, -0.25) is 9.59 Å². The Labute approximate surface area is 206 Å². The molecular formula is C27H21N5O4. The average Bonchev–Trinajstić information content (AvgIpc) is 3.48. The van der Waals surface area contributed by atoms with Crippen LogP contribution in [-0.2, 0) is 0 Å². The Morgan fingerprint density at radius 3 is 1.44 bits per heavy atom. The van der Waals surface area contributed by atoms with Crippen molar-refractivity contribution in [3.8, 4) is 22.5 Å². The average molecular weight is 479 g/mol. The van der Waals surface area contributed by atoms with Crippen LogP contribution < -0.4 is 10.6 Å². The van der Waals surface area contributed by atoms with Crippen molar-refractivity contribution in [2.24, 2.45) is 0 Å². The van der Waals surface area contributed by atoms with E-state index in [0.717, 1.165) is 11.1 Å². The van der Waals surface area contributed by atoms with Crippen molar-refractivity contribution >= 4 is 23.5 Å². The highest BCUT2D eigenvalue weighted by atomic mass is 16.5. The maximum absolute atomic E-state index is 13.1. The highest BCUT2D eigenvalue weighted by Gasteiger charge is 2.24. The van der Waals surface area contributed by atoms with Gasteiger partial charge >= 0.3 is 0 Å². The first-order chi connectivity index (χ1) is 17.5. The minimum Gasteiger partial charge on any atom is -0.360 e. The summed E-state index contributed by atoms with van der Waals surface area (Å²) in [7, 11) is 0. The van der Waals surface area contributed by atoms with E-state index in [1.165, 1.54) is 0 Å². The van der Waals surface area contributed by atoms with Crippen molar-refractivity contribution in [1.29, 1.82) is 0 Å². The normalized spacial score (nSPS) is 10.7. The van der Waals surface area contributed by atoms with Crippen LogP contribution in [-0.4, -0.2) is 27.1 Å². The van der Waals surface area contributed by atoms with Gasteiger partial charge in [0.15, 0.2) is 0 Å². The summed E-state index contributed by atoms with van der Waals surface area (Å²) < 4.78 is 10.6. The first-order valence-corrected chi connectivity index (χ1v) is 11.1. The van der Waals surface area contributed by atoms with Gasteiger partial charge in [-0.2, -0.15) is 0 Å². The van der Waals surface area contributed by atoms with Gasteiger partial charge in [-0.1, -0.05) is 77.0 Å². The summed E-state index contributed by atoms with van der Waals surface area (Å²) in [5.74, 6) is 0.416. The molecule has 0 unspecified atom stereocenters. The smallest absolute Gasteiger partial charge is 0.262 e. The predicted molar refractivity (Wildman–Crippen MR) is 133 cm³/mol. The number of pyridine rings is 1. The van der Waals surface area contributed by atoms with Crippen molar-refractivity contribution in [2.75, 3.05) is 10.6 Å². The van der Waals surface area contributed by atoms with Gasteiger partial charge in [0.2, 0.25) is 0 Å². The van der Waals surface area contributed by atoms with Crippen molar-refractivity contribution < 1.29 is 18.6 Å². The molecule has 0 fully saturated rings. The quantitative estimate of drug-likeness (QED) is 0.329. The van der Waals surface area contributed by atoms with E-state index in [1.807, 2.05) is 60.7 Å². The SMILES string of the molecule is Cc1onc(-c2ccccc2)c1C(=O)Nc1cccc(NC(=O)c2c(-c3ccccc3)noc2C)n1. The van der Waals surface area contributed by atoms with Crippen LogP contribution >= 0.6 is 0 Å². The van der Waals surface area contributed by atoms with Gasteiger partial charge in [-0.05, 0) is 26.0 Å². The predicted octanol–water partition coefficient (Wildman–Crippen LogP) is 5.51. The highest BCUT2D eigenvalue weighted by Crippen LogP contribution is 2.27. The summed E-state index contributed by atoms with van der Waals surface area (Å²) >= 11 is 0. The molecule has 0 saturated heterocycles. The first kappa shape index (κ1) is 22.7. The molecule has 0 radical (unpaired) electrons. The number of anilines is 2. The molecule has 5 rings (SSSR count). The Hall–Kier alpha value is -5.05. The lowest BCUT2D eigenvalue weighted by Crippen LogP contribution is -2.17. The molecule has 0 bridgehead atoms. The summed E-state index contributed by atoms with van der Waals surface area (Å²) in [5.41, 5.74) is 3.01. The monoisotopic (exact) mass is 479 g/mol. The summed E-state index contributed by atoms with van der Waals surface area (Å²) in [6, 6.07) is 23.5. The molecule has 9 nitrogen and oxygen atoms in total. The van der Waals surface area contributed by atoms with E-state index in [1.54, 1.807) is 32.0 Å². The van der Waals surface area contributed by atoms with E-state index >= 15 is 0 Å². The summed E-state index contributed by atoms with van der Waals surface area (Å²) in [4.78, 5) is 30.6. The maximum Gasteiger partial charge on any atom is 0.262 e. The lowest BCUT2D eigenvalue weighted by Gasteiger charge is -2.09. The third kappa shape index (κ3) is 4.49. The Morgan fingerprint density at radius 1 is 0.611 bits per heavy atom.